The fourth-order valence-corrected chi connectivity index (χ4v) is 3.51. The van der Waals surface area contributed by atoms with Gasteiger partial charge >= 0.3 is 0 Å². The Hall–Kier alpha value is -2.75. The highest BCUT2D eigenvalue weighted by molar-refractivity contribution is 5.95. The summed E-state index contributed by atoms with van der Waals surface area (Å²) >= 11 is 0. The molecule has 0 spiro atoms. The summed E-state index contributed by atoms with van der Waals surface area (Å²) in [5, 5.41) is 4.45. The van der Waals surface area contributed by atoms with Gasteiger partial charge in [0.1, 0.15) is 0 Å². The van der Waals surface area contributed by atoms with Crippen LogP contribution in [0.15, 0.2) is 48.5 Å². The Morgan fingerprint density at radius 2 is 1.83 bits per heavy atom. The van der Waals surface area contributed by atoms with Gasteiger partial charge in [0.25, 0.3) is 5.91 Å². The molecule has 3 aromatic rings. The summed E-state index contributed by atoms with van der Waals surface area (Å²) in [7, 11) is 3.98. The van der Waals surface area contributed by atoms with Gasteiger partial charge in [0.05, 0.1) is 0 Å². The number of carbonyl (C=O) groups excluding carboxylic acids is 1. The highest BCUT2D eigenvalue weighted by Gasteiger charge is 2.26. The van der Waals surface area contributed by atoms with E-state index in [2.05, 4.69) is 28.5 Å². The third-order valence-electron chi connectivity index (χ3n) is 4.78. The smallest absolute Gasteiger partial charge is 0.251 e. The Balaban J connectivity index is 1.47. The number of carbonyl (C=O) groups is 1. The molecule has 2 aromatic carbocycles. The number of hydrogen-bond donors (Lipinski definition) is 2. The lowest BCUT2D eigenvalue weighted by Gasteiger charge is -2.15. The lowest BCUT2D eigenvalue weighted by molar-refractivity contribution is 0.0938. The zero-order chi connectivity index (χ0) is 16.7. The zero-order valence-corrected chi connectivity index (χ0v) is 14.0. The Bertz CT molecular complexity index is 893. The number of anilines is 1. The number of para-hydroxylation sites is 1. The van der Waals surface area contributed by atoms with E-state index >= 15 is 0 Å². The van der Waals surface area contributed by atoms with Crippen LogP contribution in [0.1, 0.15) is 21.6 Å². The molecule has 4 rings (SSSR count). The molecule has 4 nitrogen and oxygen atoms in total. The monoisotopic (exact) mass is 319 g/mol. The summed E-state index contributed by atoms with van der Waals surface area (Å²) in [4.78, 5) is 18.0. The van der Waals surface area contributed by atoms with Crippen molar-refractivity contribution in [3.05, 3.63) is 65.4 Å². The van der Waals surface area contributed by atoms with Gasteiger partial charge in [-0.3, -0.25) is 4.79 Å². The molecule has 0 saturated heterocycles. The molecule has 1 atom stereocenters. The van der Waals surface area contributed by atoms with E-state index in [0.717, 1.165) is 18.5 Å². The van der Waals surface area contributed by atoms with Crippen molar-refractivity contribution >= 4 is 22.5 Å². The maximum Gasteiger partial charge on any atom is 0.251 e. The van der Waals surface area contributed by atoms with Crippen molar-refractivity contribution in [2.45, 2.75) is 18.9 Å². The molecule has 2 N–H and O–H groups in total. The average molecular weight is 319 g/mol. The number of amides is 1. The Labute approximate surface area is 141 Å². The lowest BCUT2D eigenvalue weighted by Crippen LogP contribution is -2.35. The minimum absolute atomic E-state index is 0.000218. The summed E-state index contributed by atoms with van der Waals surface area (Å²) in [6, 6.07) is 16.2. The molecule has 0 radical (unpaired) electrons. The van der Waals surface area contributed by atoms with Crippen molar-refractivity contribution in [1.82, 2.24) is 10.3 Å². The van der Waals surface area contributed by atoms with Crippen molar-refractivity contribution in [1.29, 1.82) is 0 Å². The highest BCUT2D eigenvalue weighted by atomic mass is 16.1. The quantitative estimate of drug-likeness (QED) is 0.779. The molecule has 1 aliphatic carbocycles. The first-order valence-electron chi connectivity index (χ1n) is 8.28. The van der Waals surface area contributed by atoms with Crippen LogP contribution in [0.2, 0.25) is 0 Å². The van der Waals surface area contributed by atoms with E-state index in [1.54, 1.807) is 0 Å². The second kappa shape index (κ2) is 5.71. The number of H-pyrrole nitrogens is 1. The van der Waals surface area contributed by atoms with Crippen molar-refractivity contribution in [2.24, 2.45) is 0 Å². The second-order valence-electron chi connectivity index (χ2n) is 6.65. The van der Waals surface area contributed by atoms with Gasteiger partial charge in [-0.25, -0.2) is 0 Å². The Morgan fingerprint density at radius 1 is 1.08 bits per heavy atom. The number of hydrogen-bond acceptors (Lipinski definition) is 2. The van der Waals surface area contributed by atoms with Gasteiger partial charge in [-0.15, -0.1) is 0 Å². The molecule has 1 aromatic heterocycles. The first-order valence-corrected chi connectivity index (χ1v) is 8.28. The zero-order valence-electron chi connectivity index (χ0n) is 14.0. The van der Waals surface area contributed by atoms with Gasteiger partial charge in [0.15, 0.2) is 0 Å². The Kier molecular flexibility index (Phi) is 3.53. The van der Waals surface area contributed by atoms with E-state index in [4.69, 9.17) is 0 Å². The van der Waals surface area contributed by atoms with Crippen LogP contribution < -0.4 is 10.2 Å². The van der Waals surface area contributed by atoms with Gasteiger partial charge in [-0.05, 0) is 42.3 Å². The predicted octanol–water partition coefficient (Wildman–Crippen LogP) is 3.13. The van der Waals surface area contributed by atoms with E-state index in [0.29, 0.717) is 5.56 Å². The summed E-state index contributed by atoms with van der Waals surface area (Å²) in [5.41, 5.74) is 5.59. The average Bonchev–Trinajstić information content (AvgIpc) is 3.12. The third-order valence-corrected chi connectivity index (χ3v) is 4.78. The lowest BCUT2D eigenvalue weighted by atomic mass is 10.1. The van der Waals surface area contributed by atoms with Crippen LogP contribution in [0.3, 0.4) is 0 Å². The Morgan fingerprint density at radius 3 is 2.58 bits per heavy atom. The number of fused-ring (bicyclic) bond motifs is 3. The molecule has 4 heteroatoms. The van der Waals surface area contributed by atoms with Crippen LogP contribution >= 0.6 is 0 Å². The first-order chi connectivity index (χ1) is 11.6. The minimum Gasteiger partial charge on any atom is -0.378 e. The van der Waals surface area contributed by atoms with Crippen molar-refractivity contribution in [3.63, 3.8) is 0 Å². The van der Waals surface area contributed by atoms with E-state index in [-0.39, 0.29) is 11.9 Å². The minimum atomic E-state index is -0.000218. The number of nitrogens with one attached hydrogen (secondary N) is 2. The largest absolute Gasteiger partial charge is 0.378 e. The number of rotatable bonds is 3. The SMILES string of the molecule is CN(C)c1ccc(C(=O)NC2Cc3[nH]c4ccccc4c3C2)cc1. The number of nitrogens with zero attached hydrogens (tertiary/aromatic N) is 1. The first kappa shape index (κ1) is 14.8. The summed E-state index contributed by atoms with van der Waals surface area (Å²) in [6.45, 7) is 0. The van der Waals surface area contributed by atoms with E-state index in [1.165, 1.54) is 22.2 Å². The van der Waals surface area contributed by atoms with Crippen LogP contribution in [-0.2, 0) is 12.8 Å². The van der Waals surface area contributed by atoms with Gasteiger partial charge in [0, 0.05) is 54.4 Å². The van der Waals surface area contributed by atoms with Crippen LogP contribution in [-0.4, -0.2) is 31.0 Å². The van der Waals surface area contributed by atoms with Gasteiger partial charge < -0.3 is 15.2 Å². The molecular formula is C20H21N3O. The van der Waals surface area contributed by atoms with Crippen LogP contribution in [0.4, 0.5) is 5.69 Å². The fourth-order valence-electron chi connectivity index (χ4n) is 3.51. The molecular weight excluding hydrogens is 298 g/mol. The summed E-state index contributed by atoms with van der Waals surface area (Å²) < 4.78 is 0. The number of aromatic nitrogens is 1. The molecule has 122 valence electrons. The summed E-state index contributed by atoms with van der Waals surface area (Å²) in [5.74, 6) is -0.000218. The molecule has 0 aliphatic heterocycles. The number of aromatic amines is 1. The molecule has 1 amide bonds. The molecule has 0 fully saturated rings. The van der Waals surface area contributed by atoms with Crippen LogP contribution in [0, 0.1) is 0 Å². The van der Waals surface area contributed by atoms with Crippen molar-refractivity contribution in [2.75, 3.05) is 19.0 Å². The summed E-state index contributed by atoms with van der Waals surface area (Å²) in [6.07, 6.45) is 1.76. The predicted molar refractivity (Wildman–Crippen MR) is 97.7 cm³/mol. The molecule has 1 aliphatic rings. The highest BCUT2D eigenvalue weighted by Crippen LogP contribution is 2.30. The van der Waals surface area contributed by atoms with E-state index in [9.17, 15) is 4.79 Å². The third kappa shape index (κ3) is 2.54. The molecule has 0 bridgehead atoms. The maximum absolute atomic E-state index is 12.5. The van der Waals surface area contributed by atoms with Gasteiger partial charge in [-0.2, -0.15) is 0 Å². The van der Waals surface area contributed by atoms with Crippen molar-refractivity contribution < 1.29 is 4.79 Å². The molecule has 1 unspecified atom stereocenters. The van der Waals surface area contributed by atoms with E-state index < -0.39 is 0 Å². The molecule has 0 saturated carbocycles. The van der Waals surface area contributed by atoms with E-state index in [1.807, 2.05) is 49.3 Å². The topological polar surface area (TPSA) is 48.1 Å². The van der Waals surface area contributed by atoms with Crippen LogP contribution in [0.5, 0.6) is 0 Å². The maximum atomic E-state index is 12.5. The normalized spacial score (nSPS) is 16.2. The molecule has 24 heavy (non-hydrogen) atoms. The van der Waals surface area contributed by atoms with Gasteiger partial charge in [0.2, 0.25) is 0 Å². The van der Waals surface area contributed by atoms with Crippen LogP contribution in [0.25, 0.3) is 10.9 Å². The van der Waals surface area contributed by atoms with Gasteiger partial charge in [-0.1, -0.05) is 18.2 Å². The fraction of sp³-hybridized carbons (Fsp3) is 0.250. The molecule has 1 heterocycles. The number of benzene rings is 2. The standard InChI is InChI=1S/C20H21N3O/c1-23(2)15-9-7-13(8-10-15)20(24)21-14-11-17-16-5-3-4-6-18(16)22-19(17)12-14/h3-10,14,22H,11-12H2,1-2H3,(H,21,24). The van der Waals surface area contributed by atoms with Crippen molar-refractivity contribution in [3.8, 4) is 0 Å². The second-order valence-corrected chi connectivity index (χ2v) is 6.65.